The van der Waals surface area contributed by atoms with Crippen LogP contribution in [0.4, 0.5) is 26.3 Å². The van der Waals surface area contributed by atoms with E-state index in [1.807, 2.05) is 162 Å². The van der Waals surface area contributed by atoms with E-state index in [-0.39, 0.29) is 27.6 Å². The maximum atomic E-state index is 15.0. The van der Waals surface area contributed by atoms with Gasteiger partial charge < -0.3 is 18.3 Å². The average Bonchev–Trinajstić information content (AvgIpc) is 4.41. The third kappa shape index (κ3) is 6.95. The van der Waals surface area contributed by atoms with Crippen molar-refractivity contribution in [2.45, 2.75) is 12.4 Å². The molecule has 0 spiro atoms. The Bertz CT molecular complexity index is 5080. The van der Waals surface area contributed by atoms with E-state index in [0.717, 1.165) is 68.2 Å². The lowest BCUT2D eigenvalue weighted by atomic mass is 9.85. The number of para-hydroxylation sites is 8. The van der Waals surface area contributed by atoms with Crippen molar-refractivity contribution in [3.05, 3.63) is 253 Å². The standard InChI is InChI=1S/C70H38F6N6/c71-69(72,73)41-33-35-61-53(37-41)47-23-9-13-31-59(47)81(61)67-55(39-77)63(51-27-15-25-49-45-21-7-11-29-57(45)79(65(49)51)43-17-3-1-4-18-43)68(82-60-32-14-10-24-48(60)54-38-42(70(74,75)76)34-36-62(54)82)64(56(67)40-78)52-28-16-26-50-46-22-8-12-30-58(46)80(66(50)52)44-19-5-2-6-20-44/h1-38H. The van der Waals surface area contributed by atoms with E-state index in [2.05, 4.69) is 21.3 Å². The van der Waals surface area contributed by atoms with Crippen LogP contribution in [-0.2, 0) is 12.4 Å². The highest BCUT2D eigenvalue weighted by atomic mass is 19.4. The number of halogens is 6. The molecule has 0 amide bonds. The highest BCUT2D eigenvalue weighted by Crippen LogP contribution is 2.53. The zero-order chi connectivity index (χ0) is 55.8. The van der Waals surface area contributed by atoms with Crippen LogP contribution in [0.5, 0.6) is 0 Å². The van der Waals surface area contributed by atoms with Gasteiger partial charge in [-0.1, -0.05) is 146 Å². The first-order valence-electron chi connectivity index (χ1n) is 26.4. The van der Waals surface area contributed by atoms with Gasteiger partial charge in [-0.15, -0.1) is 0 Å². The smallest absolute Gasteiger partial charge is 0.309 e. The van der Waals surface area contributed by atoms with Crippen molar-refractivity contribution in [2.75, 3.05) is 0 Å². The number of fused-ring (bicyclic) bond motifs is 12. The molecule has 0 radical (unpaired) electrons. The van der Waals surface area contributed by atoms with Gasteiger partial charge in [-0.3, -0.25) is 0 Å². The number of benzene rings is 11. The molecule has 0 saturated heterocycles. The third-order valence-corrected chi connectivity index (χ3v) is 16.1. The van der Waals surface area contributed by atoms with Crippen LogP contribution in [0.3, 0.4) is 0 Å². The minimum absolute atomic E-state index is 0.0103. The Labute approximate surface area is 462 Å². The van der Waals surface area contributed by atoms with E-state index in [1.165, 1.54) is 12.1 Å². The molecular formula is C70H38F6N6. The van der Waals surface area contributed by atoms with E-state index in [0.29, 0.717) is 71.8 Å². The summed E-state index contributed by atoms with van der Waals surface area (Å²) in [6.45, 7) is 0. The normalized spacial score (nSPS) is 12.2. The molecule has 15 aromatic rings. The summed E-state index contributed by atoms with van der Waals surface area (Å²) in [4.78, 5) is 0. The molecule has 390 valence electrons. The summed E-state index contributed by atoms with van der Waals surface area (Å²) in [6.07, 6.45) is -9.41. The summed E-state index contributed by atoms with van der Waals surface area (Å²) >= 11 is 0. The van der Waals surface area contributed by atoms with Crippen molar-refractivity contribution in [3.63, 3.8) is 0 Å². The minimum atomic E-state index is -4.71. The Balaban J connectivity index is 1.26. The van der Waals surface area contributed by atoms with Crippen molar-refractivity contribution in [1.82, 2.24) is 18.3 Å². The third-order valence-electron chi connectivity index (χ3n) is 16.1. The first-order valence-corrected chi connectivity index (χ1v) is 26.4. The fourth-order valence-corrected chi connectivity index (χ4v) is 12.8. The number of nitriles is 2. The zero-order valence-electron chi connectivity index (χ0n) is 42.9. The van der Waals surface area contributed by atoms with Crippen LogP contribution in [0, 0.1) is 22.7 Å². The highest BCUT2D eigenvalue weighted by molar-refractivity contribution is 6.20. The molecule has 12 heteroatoms. The van der Waals surface area contributed by atoms with Crippen molar-refractivity contribution < 1.29 is 26.3 Å². The van der Waals surface area contributed by atoms with Crippen LogP contribution in [-0.4, -0.2) is 18.3 Å². The Morgan fingerprint density at radius 2 is 0.610 bits per heavy atom. The van der Waals surface area contributed by atoms with Crippen LogP contribution in [0.15, 0.2) is 231 Å². The molecule has 0 bridgehead atoms. The molecule has 0 fully saturated rings. The Morgan fingerprint density at radius 1 is 0.293 bits per heavy atom. The van der Waals surface area contributed by atoms with Gasteiger partial charge in [0, 0.05) is 76.7 Å². The lowest BCUT2D eigenvalue weighted by Crippen LogP contribution is -2.12. The van der Waals surface area contributed by atoms with Crippen molar-refractivity contribution in [2.24, 2.45) is 0 Å². The molecule has 0 N–H and O–H groups in total. The lowest BCUT2D eigenvalue weighted by molar-refractivity contribution is -0.138. The van der Waals surface area contributed by atoms with Crippen LogP contribution in [0.2, 0.25) is 0 Å². The molecule has 4 heterocycles. The predicted molar refractivity (Wildman–Crippen MR) is 314 cm³/mol. The van der Waals surface area contributed by atoms with Crippen molar-refractivity contribution >= 4 is 87.2 Å². The molecule has 0 aliphatic rings. The first-order chi connectivity index (χ1) is 39.9. The van der Waals surface area contributed by atoms with Gasteiger partial charge in [-0.2, -0.15) is 36.9 Å². The summed E-state index contributed by atoms with van der Waals surface area (Å²) in [5.74, 6) is 0. The molecular weight excluding hydrogens is 1040 g/mol. The Hall–Kier alpha value is -10.8. The second-order valence-electron chi connectivity index (χ2n) is 20.4. The summed E-state index contributed by atoms with van der Waals surface area (Å²) < 4.78 is 97.3. The quantitative estimate of drug-likeness (QED) is 0.156. The summed E-state index contributed by atoms with van der Waals surface area (Å²) in [5, 5.41) is 29.9. The highest BCUT2D eigenvalue weighted by Gasteiger charge is 2.37. The van der Waals surface area contributed by atoms with Crippen molar-refractivity contribution in [3.8, 4) is 57.1 Å². The molecule has 0 aliphatic heterocycles. The lowest BCUT2D eigenvalue weighted by Gasteiger charge is -2.26. The second kappa shape index (κ2) is 17.8. The van der Waals surface area contributed by atoms with Gasteiger partial charge in [0.05, 0.1) is 77.8 Å². The number of aromatic nitrogens is 4. The number of hydrogen-bond acceptors (Lipinski definition) is 2. The van der Waals surface area contributed by atoms with Crippen molar-refractivity contribution in [1.29, 1.82) is 10.5 Å². The van der Waals surface area contributed by atoms with E-state index < -0.39 is 23.5 Å². The molecule has 15 rings (SSSR count). The minimum Gasteiger partial charge on any atom is -0.309 e. The maximum absolute atomic E-state index is 15.0. The number of hydrogen-bond donors (Lipinski definition) is 0. The molecule has 82 heavy (non-hydrogen) atoms. The summed E-state index contributed by atoms with van der Waals surface area (Å²) in [5.41, 5.74) is 6.61. The largest absolute Gasteiger partial charge is 0.416 e. The SMILES string of the molecule is N#Cc1c(-c2cccc3c4ccccc4n(-c4ccccc4)c23)c(-n2c3ccccc3c3cc(C(F)(F)F)ccc32)c(-c2cccc3c4ccccc4n(-c4ccccc4)c23)c(C#N)c1-n1c2ccccc2c2cc(C(F)(F)F)ccc21. The topological polar surface area (TPSA) is 67.3 Å². The fraction of sp³-hybridized carbons (Fsp3) is 0.0286. The van der Waals surface area contributed by atoms with Gasteiger partial charge in [-0.25, -0.2) is 0 Å². The van der Waals surface area contributed by atoms with Crippen LogP contribution in [0.25, 0.3) is 132 Å². The van der Waals surface area contributed by atoms with Gasteiger partial charge in [0.15, 0.2) is 0 Å². The van der Waals surface area contributed by atoms with E-state index >= 15 is 0 Å². The van der Waals surface area contributed by atoms with Crippen LogP contribution in [0.1, 0.15) is 22.3 Å². The van der Waals surface area contributed by atoms with E-state index in [4.69, 9.17) is 0 Å². The molecule has 6 nitrogen and oxygen atoms in total. The molecule has 0 aliphatic carbocycles. The monoisotopic (exact) mass is 1080 g/mol. The van der Waals surface area contributed by atoms with Gasteiger partial charge in [0.2, 0.25) is 0 Å². The molecule has 0 saturated carbocycles. The van der Waals surface area contributed by atoms with Gasteiger partial charge in [-0.05, 0) is 84.9 Å². The first kappa shape index (κ1) is 48.3. The average molecular weight is 1080 g/mol. The summed E-state index contributed by atoms with van der Waals surface area (Å²) in [6, 6.07) is 73.8. The fourth-order valence-electron chi connectivity index (χ4n) is 12.8. The molecule has 0 unspecified atom stereocenters. The Kier molecular flexibility index (Phi) is 10.5. The number of alkyl halides is 6. The summed E-state index contributed by atoms with van der Waals surface area (Å²) in [7, 11) is 0. The zero-order valence-corrected chi connectivity index (χ0v) is 42.9. The van der Waals surface area contributed by atoms with Gasteiger partial charge >= 0.3 is 12.4 Å². The number of nitrogens with zero attached hydrogens (tertiary/aromatic N) is 6. The molecule has 0 atom stereocenters. The molecule has 4 aromatic heterocycles. The Morgan fingerprint density at radius 3 is 0.988 bits per heavy atom. The van der Waals surface area contributed by atoms with Crippen LogP contribution >= 0.6 is 0 Å². The maximum Gasteiger partial charge on any atom is 0.416 e. The van der Waals surface area contributed by atoms with Gasteiger partial charge in [0.25, 0.3) is 0 Å². The molecule has 11 aromatic carbocycles. The van der Waals surface area contributed by atoms with E-state index in [1.54, 1.807) is 41.0 Å². The van der Waals surface area contributed by atoms with Crippen LogP contribution < -0.4 is 0 Å². The second-order valence-corrected chi connectivity index (χ2v) is 20.4. The van der Waals surface area contributed by atoms with Gasteiger partial charge in [0.1, 0.15) is 12.1 Å². The van der Waals surface area contributed by atoms with E-state index in [9.17, 15) is 36.9 Å². The predicted octanol–water partition coefficient (Wildman–Crippen LogP) is 19.2. The number of rotatable bonds is 6.